The third-order valence-electron chi connectivity index (χ3n) is 5.42. The summed E-state index contributed by atoms with van der Waals surface area (Å²) in [6.45, 7) is 5.61. The van der Waals surface area contributed by atoms with E-state index in [0.717, 1.165) is 22.1 Å². The van der Waals surface area contributed by atoms with Gasteiger partial charge in [-0.15, -0.1) is 0 Å². The molecule has 7 nitrogen and oxygen atoms in total. The second kappa shape index (κ2) is 7.46. The number of hydrogen-bond donors (Lipinski definition) is 1. The Morgan fingerprint density at radius 1 is 0.969 bits per heavy atom. The van der Waals surface area contributed by atoms with Crippen molar-refractivity contribution in [3.05, 3.63) is 87.4 Å². The van der Waals surface area contributed by atoms with Crippen LogP contribution in [0, 0.1) is 20.8 Å². The summed E-state index contributed by atoms with van der Waals surface area (Å²) in [5.41, 5.74) is 5.17. The maximum Gasteiger partial charge on any atom is 0.336 e. The monoisotopic (exact) mass is 425 g/mol. The quantitative estimate of drug-likeness (QED) is 0.400. The van der Waals surface area contributed by atoms with E-state index in [1.165, 1.54) is 6.07 Å². The third-order valence-corrected chi connectivity index (χ3v) is 5.42. The first kappa shape index (κ1) is 19.7. The van der Waals surface area contributed by atoms with Crippen LogP contribution in [0.2, 0.25) is 0 Å². The predicted molar refractivity (Wildman–Crippen MR) is 122 cm³/mol. The zero-order valence-corrected chi connectivity index (χ0v) is 17.7. The molecule has 0 atom stereocenters. The Hall–Kier alpha value is -4.26. The van der Waals surface area contributed by atoms with Crippen LogP contribution in [0.4, 0.5) is 5.69 Å². The van der Waals surface area contributed by atoms with Gasteiger partial charge in [-0.3, -0.25) is 4.79 Å². The van der Waals surface area contributed by atoms with E-state index in [9.17, 15) is 9.59 Å². The number of aromatic nitrogens is 2. The van der Waals surface area contributed by atoms with Gasteiger partial charge in [0, 0.05) is 28.8 Å². The lowest BCUT2D eigenvalue weighted by atomic mass is 10.0. The summed E-state index contributed by atoms with van der Waals surface area (Å²) in [5, 5.41) is 8.24. The molecule has 0 saturated carbocycles. The first-order valence-electron chi connectivity index (χ1n) is 10.1. The number of anilines is 1. The number of amides is 1. The van der Waals surface area contributed by atoms with E-state index < -0.39 is 5.63 Å². The molecule has 5 rings (SSSR count). The zero-order chi connectivity index (χ0) is 22.4. The fourth-order valence-electron chi connectivity index (χ4n) is 3.75. The van der Waals surface area contributed by atoms with Crippen molar-refractivity contribution in [2.24, 2.45) is 0 Å². The van der Waals surface area contributed by atoms with Gasteiger partial charge in [-0.05, 0) is 44.5 Å². The molecule has 0 aliphatic rings. The van der Waals surface area contributed by atoms with Crippen LogP contribution in [0.5, 0.6) is 0 Å². The summed E-state index contributed by atoms with van der Waals surface area (Å²) in [4.78, 5) is 29.6. The predicted octanol–water partition coefficient (Wildman–Crippen LogP) is 5.17. The number of nitrogens with zero attached hydrogens (tertiary/aromatic N) is 2. The molecule has 0 bridgehead atoms. The summed E-state index contributed by atoms with van der Waals surface area (Å²) >= 11 is 0. The number of carbonyl (C=O) groups is 1. The Morgan fingerprint density at radius 2 is 1.75 bits per heavy atom. The van der Waals surface area contributed by atoms with Crippen LogP contribution >= 0.6 is 0 Å². The molecule has 1 amide bonds. The van der Waals surface area contributed by atoms with Gasteiger partial charge in [0.2, 0.25) is 0 Å². The Kier molecular flexibility index (Phi) is 4.59. The van der Waals surface area contributed by atoms with Crippen LogP contribution in [0.3, 0.4) is 0 Å². The topological polar surface area (TPSA) is 98.2 Å². The number of hydrogen-bond acceptors (Lipinski definition) is 6. The van der Waals surface area contributed by atoms with E-state index in [-0.39, 0.29) is 5.91 Å². The normalized spacial score (nSPS) is 11.2. The highest BCUT2D eigenvalue weighted by atomic mass is 16.5. The van der Waals surface area contributed by atoms with Gasteiger partial charge in [-0.25, -0.2) is 9.78 Å². The van der Waals surface area contributed by atoms with E-state index in [4.69, 9.17) is 8.94 Å². The second-order valence-electron chi connectivity index (χ2n) is 7.78. The molecule has 0 unspecified atom stereocenters. The van der Waals surface area contributed by atoms with Crippen LogP contribution in [-0.2, 0) is 0 Å². The van der Waals surface area contributed by atoms with Gasteiger partial charge < -0.3 is 14.3 Å². The van der Waals surface area contributed by atoms with Gasteiger partial charge in [0.1, 0.15) is 5.58 Å². The highest BCUT2D eigenvalue weighted by Crippen LogP contribution is 2.28. The van der Waals surface area contributed by atoms with Crippen LogP contribution in [0.15, 0.2) is 68.3 Å². The highest BCUT2D eigenvalue weighted by molar-refractivity contribution is 6.13. The van der Waals surface area contributed by atoms with E-state index in [1.807, 2.05) is 44.2 Å². The van der Waals surface area contributed by atoms with Crippen LogP contribution < -0.4 is 10.9 Å². The molecule has 0 aliphatic heterocycles. The van der Waals surface area contributed by atoms with Crippen molar-refractivity contribution in [1.82, 2.24) is 10.1 Å². The molecule has 2 aromatic carbocycles. The molecule has 3 aromatic heterocycles. The van der Waals surface area contributed by atoms with Crippen molar-refractivity contribution in [1.29, 1.82) is 0 Å². The van der Waals surface area contributed by atoms with E-state index in [0.29, 0.717) is 39.3 Å². The number of rotatable bonds is 3. The molecular formula is C25H19N3O4. The maximum atomic E-state index is 13.3. The molecule has 0 saturated heterocycles. The van der Waals surface area contributed by atoms with Crippen molar-refractivity contribution < 1.29 is 13.7 Å². The summed E-state index contributed by atoms with van der Waals surface area (Å²) in [7, 11) is 0. The molecule has 32 heavy (non-hydrogen) atoms. The zero-order valence-electron chi connectivity index (χ0n) is 17.7. The largest absolute Gasteiger partial charge is 0.423 e. The fraction of sp³-hybridized carbons (Fsp3) is 0.120. The van der Waals surface area contributed by atoms with Crippen LogP contribution in [0.1, 0.15) is 27.2 Å². The minimum atomic E-state index is -0.433. The molecule has 1 N–H and O–H groups in total. The molecular weight excluding hydrogens is 406 g/mol. The van der Waals surface area contributed by atoms with Gasteiger partial charge >= 0.3 is 5.63 Å². The molecule has 0 spiro atoms. The van der Waals surface area contributed by atoms with Crippen molar-refractivity contribution in [3.8, 4) is 11.3 Å². The molecule has 7 heteroatoms. The van der Waals surface area contributed by atoms with Gasteiger partial charge in [0.05, 0.1) is 22.3 Å². The van der Waals surface area contributed by atoms with E-state index in [2.05, 4.69) is 15.5 Å². The molecule has 0 aliphatic carbocycles. The van der Waals surface area contributed by atoms with Crippen molar-refractivity contribution in [2.45, 2.75) is 20.8 Å². The summed E-state index contributed by atoms with van der Waals surface area (Å²) in [6, 6.07) is 16.3. The van der Waals surface area contributed by atoms with E-state index in [1.54, 1.807) is 25.1 Å². The number of aryl methyl sites for hydroxylation is 3. The Morgan fingerprint density at radius 3 is 2.53 bits per heavy atom. The second-order valence-corrected chi connectivity index (χ2v) is 7.78. The number of pyridine rings is 1. The SMILES string of the molecule is Cc1ccc(-c2cc(C(=O)Nc3ccc4c(C)cc(=O)oc4c3)c3c(C)noc3n2)cc1. The summed E-state index contributed by atoms with van der Waals surface area (Å²) in [6.07, 6.45) is 0. The molecule has 158 valence electrons. The standard InChI is InChI=1S/C25H19N3O4/c1-13-4-6-16(7-5-13)20-12-19(23-15(3)28-32-25(23)27-20)24(30)26-17-8-9-18-14(2)10-22(29)31-21(18)11-17/h4-12H,1-3H3,(H,26,30). The number of fused-ring (bicyclic) bond motifs is 2. The van der Waals surface area contributed by atoms with Crippen molar-refractivity contribution in [3.63, 3.8) is 0 Å². The first-order valence-corrected chi connectivity index (χ1v) is 10.1. The Bertz CT molecular complexity index is 1560. The van der Waals surface area contributed by atoms with Crippen molar-refractivity contribution in [2.75, 3.05) is 5.32 Å². The minimum Gasteiger partial charge on any atom is -0.423 e. The molecule has 0 radical (unpaired) electrons. The molecule has 0 fully saturated rings. The first-order chi connectivity index (χ1) is 15.4. The van der Waals surface area contributed by atoms with Gasteiger partial charge in [0.25, 0.3) is 11.6 Å². The molecule has 5 aromatic rings. The summed E-state index contributed by atoms with van der Waals surface area (Å²) < 4.78 is 10.7. The van der Waals surface area contributed by atoms with Crippen LogP contribution in [0.25, 0.3) is 33.3 Å². The average Bonchev–Trinajstić information content (AvgIpc) is 3.14. The van der Waals surface area contributed by atoms with Gasteiger partial charge in [-0.1, -0.05) is 35.0 Å². The lowest BCUT2D eigenvalue weighted by Crippen LogP contribution is -2.13. The van der Waals surface area contributed by atoms with Crippen LogP contribution in [-0.4, -0.2) is 16.0 Å². The minimum absolute atomic E-state index is 0.297. The average molecular weight is 425 g/mol. The van der Waals surface area contributed by atoms with Gasteiger partial charge in [0.15, 0.2) is 0 Å². The maximum absolute atomic E-state index is 13.3. The summed E-state index contributed by atoms with van der Waals surface area (Å²) in [5.74, 6) is -0.341. The van der Waals surface area contributed by atoms with Crippen molar-refractivity contribution >= 4 is 33.7 Å². The highest BCUT2D eigenvalue weighted by Gasteiger charge is 2.20. The number of carbonyl (C=O) groups excluding carboxylic acids is 1. The Labute approximate surface area is 182 Å². The lowest BCUT2D eigenvalue weighted by Gasteiger charge is -2.09. The molecule has 3 heterocycles. The smallest absolute Gasteiger partial charge is 0.336 e. The lowest BCUT2D eigenvalue weighted by molar-refractivity contribution is 0.102. The van der Waals surface area contributed by atoms with E-state index >= 15 is 0 Å². The fourth-order valence-corrected chi connectivity index (χ4v) is 3.75. The Balaban J connectivity index is 1.58. The third kappa shape index (κ3) is 3.43. The van der Waals surface area contributed by atoms with Gasteiger partial charge in [-0.2, -0.15) is 0 Å². The number of benzene rings is 2. The number of nitrogens with one attached hydrogen (secondary N) is 1.